The average molecular weight is 242 g/mol. The second-order valence-corrected chi connectivity index (χ2v) is 5.93. The first-order valence-corrected chi connectivity index (χ1v) is 6.30. The van der Waals surface area contributed by atoms with Crippen LogP contribution in [0, 0.1) is 5.41 Å². The SMILES string of the molecule is COC(=O)C(C)(C)CN1CC(C)N(C)C(C)C1. The lowest BCUT2D eigenvalue weighted by Crippen LogP contribution is -2.57. The zero-order chi connectivity index (χ0) is 13.2. The smallest absolute Gasteiger partial charge is 0.312 e. The van der Waals surface area contributed by atoms with E-state index in [9.17, 15) is 4.79 Å². The van der Waals surface area contributed by atoms with Gasteiger partial charge in [-0.1, -0.05) is 0 Å². The quantitative estimate of drug-likeness (QED) is 0.697. The largest absolute Gasteiger partial charge is 0.469 e. The van der Waals surface area contributed by atoms with E-state index < -0.39 is 5.41 Å². The van der Waals surface area contributed by atoms with Crippen LogP contribution in [0.15, 0.2) is 0 Å². The van der Waals surface area contributed by atoms with Gasteiger partial charge in [0, 0.05) is 31.7 Å². The fraction of sp³-hybridized carbons (Fsp3) is 0.923. The maximum absolute atomic E-state index is 11.7. The first-order valence-electron chi connectivity index (χ1n) is 6.30. The molecule has 0 spiro atoms. The van der Waals surface area contributed by atoms with Crippen molar-refractivity contribution in [3.05, 3.63) is 0 Å². The van der Waals surface area contributed by atoms with E-state index in [1.54, 1.807) is 0 Å². The number of rotatable bonds is 3. The molecule has 4 heteroatoms. The number of carbonyl (C=O) groups excluding carboxylic acids is 1. The molecule has 2 unspecified atom stereocenters. The highest BCUT2D eigenvalue weighted by Gasteiger charge is 2.34. The van der Waals surface area contributed by atoms with Crippen LogP contribution in [0.2, 0.25) is 0 Å². The van der Waals surface area contributed by atoms with Crippen LogP contribution in [-0.2, 0) is 9.53 Å². The molecule has 2 atom stereocenters. The van der Waals surface area contributed by atoms with Crippen LogP contribution >= 0.6 is 0 Å². The lowest BCUT2D eigenvalue weighted by Gasteiger charge is -2.44. The van der Waals surface area contributed by atoms with E-state index in [-0.39, 0.29) is 5.97 Å². The molecule has 1 fully saturated rings. The minimum atomic E-state index is -0.426. The lowest BCUT2D eigenvalue weighted by atomic mass is 9.92. The number of carbonyl (C=O) groups is 1. The Labute approximate surface area is 105 Å². The fourth-order valence-corrected chi connectivity index (χ4v) is 2.54. The normalized spacial score (nSPS) is 28.1. The number of hydrogen-bond acceptors (Lipinski definition) is 4. The molecular weight excluding hydrogens is 216 g/mol. The van der Waals surface area contributed by atoms with Crippen molar-refractivity contribution in [1.29, 1.82) is 0 Å². The molecule has 1 aliphatic heterocycles. The molecule has 0 bridgehead atoms. The molecule has 17 heavy (non-hydrogen) atoms. The highest BCUT2D eigenvalue weighted by Crippen LogP contribution is 2.22. The van der Waals surface area contributed by atoms with Gasteiger partial charge in [0.1, 0.15) is 0 Å². The lowest BCUT2D eigenvalue weighted by molar-refractivity contribution is -0.152. The summed E-state index contributed by atoms with van der Waals surface area (Å²) < 4.78 is 4.86. The minimum absolute atomic E-state index is 0.128. The van der Waals surface area contributed by atoms with Gasteiger partial charge in [-0.05, 0) is 34.7 Å². The molecule has 0 radical (unpaired) electrons. The van der Waals surface area contributed by atoms with Gasteiger partial charge in [-0.3, -0.25) is 14.6 Å². The Morgan fingerprint density at radius 2 is 1.76 bits per heavy atom. The molecule has 0 aliphatic carbocycles. The fourth-order valence-electron chi connectivity index (χ4n) is 2.54. The molecule has 1 rings (SSSR count). The molecule has 100 valence electrons. The van der Waals surface area contributed by atoms with Crippen LogP contribution in [-0.4, -0.2) is 61.6 Å². The summed E-state index contributed by atoms with van der Waals surface area (Å²) in [6.45, 7) is 11.2. The predicted octanol–water partition coefficient (Wildman–Crippen LogP) is 1.21. The molecule has 1 aliphatic rings. The van der Waals surface area contributed by atoms with Gasteiger partial charge in [0.2, 0.25) is 0 Å². The summed E-state index contributed by atoms with van der Waals surface area (Å²) in [6, 6.07) is 1.07. The number of ether oxygens (including phenoxy) is 1. The molecule has 0 aromatic rings. The molecule has 0 aromatic heterocycles. The van der Waals surface area contributed by atoms with E-state index in [4.69, 9.17) is 4.74 Å². The van der Waals surface area contributed by atoms with Gasteiger partial charge >= 0.3 is 5.97 Å². The summed E-state index contributed by atoms with van der Waals surface area (Å²) >= 11 is 0. The number of methoxy groups -OCH3 is 1. The zero-order valence-corrected chi connectivity index (χ0v) is 12.0. The molecule has 0 amide bonds. The summed E-state index contributed by atoms with van der Waals surface area (Å²) in [6.07, 6.45) is 0. The Balaban J connectivity index is 2.61. The molecular formula is C13H26N2O2. The van der Waals surface area contributed by atoms with Gasteiger partial charge < -0.3 is 4.74 Å². The standard InChI is InChI=1S/C13H26N2O2/c1-10-7-15(8-11(2)14(10)5)9-13(3,4)12(16)17-6/h10-11H,7-9H2,1-6H3. The first-order chi connectivity index (χ1) is 7.77. The van der Waals surface area contributed by atoms with Crippen LogP contribution < -0.4 is 0 Å². The molecule has 4 nitrogen and oxygen atoms in total. The van der Waals surface area contributed by atoms with E-state index in [1.807, 2.05) is 13.8 Å². The van der Waals surface area contributed by atoms with E-state index >= 15 is 0 Å². The van der Waals surface area contributed by atoms with Gasteiger partial charge in [0.25, 0.3) is 0 Å². The Kier molecular flexibility index (Phi) is 4.55. The third kappa shape index (κ3) is 3.42. The van der Waals surface area contributed by atoms with Crippen LogP contribution in [0.4, 0.5) is 0 Å². The number of esters is 1. The predicted molar refractivity (Wildman–Crippen MR) is 68.9 cm³/mol. The highest BCUT2D eigenvalue weighted by atomic mass is 16.5. The summed E-state index contributed by atoms with van der Waals surface area (Å²) in [5.41, 5.74) is -0.426. The molecule has 0 N–H and O–H groups in total. The van der Waals surface area contributed by atoms with Crippen molar-refractivity contribution in [3.63, 3.8) is 0 Å². The van der Waals surface area contributed by atoms with Gasteiger partial charge in [-0.25, -0.2) is 0 Å². The van der Waals surface area contributed by atoms with Gasteiger partial charge in [0.15, 0.2) is 0 Å². The molecule has 1 saturated heterocycles. The van der Waals surface area contributed by atoms with Crippen molar-refractivity contribution in [1.82, 2.24) is 9.80 Å². The Morgan fingerprint density at radius 3 is 2.18 bits per heavy atom. The van der Waals surface area contributed by atoms with Crippen molar-refractivity contribution in [3.8, 4) is 0 Å². The van der Waals surface area contributed by atoms with Crippen molar-refractivity contribution in [2.24, 2.45) is 5.41 Å². The topological polar surface area (TPSA) is 32.8 Å². The summed E-state index contributed by atoms with van der Waals surface area (Å²) in [5, 5.41) is 0. The van der Waals surface area contributed by atoms with Crippen molar-refractivity contribution in [2.75, 3.05) is 33.8 Å². The maximum atomic E-state index is 11.7. The number of likely N-dealkylation sites (N-methyl/N-ethyl adjacent to an activating group) is 1. The molecule has 1 heterocycles. The minimum Gasteiger partial charge on any atom is -0.469 e. The van der Waals surface area contributed by atoms with Crippen LogP contribution in [0.1, 0.15) is 27.7 Å². The summed E-state index contributed by atoms with van der Waals surface area (Å²) in [4.78, 5) is 16.4. The number of nitrogens with zero attached hydrogens (tertiary/aromatic N) is 2. The van der Waals surface area contributed by atoms with E-state index in [0.29, 0.717) is 12.1 Å². The number of piperazine rings is 1. The molecule has 0 aromatic carbocycles. The maximum Gasteiger partial charge on any atom is 0.312 e. The van der Waals surface area contributed by atoms with E-state index in [0.717, 1.165) is 19.6 Å². The van der Waals surface area contributed by atoms with Gasteiger partial charge in [-0.15, -0.1) is 0 Å². The van der Waals surface area contributed by atoms with Crippen molar-refractivity contribution < 1.29 is 9.53 Å². The van der Waals surface area contributed by atoms with Crippen LogP contribution in [0.3, 0.4) is 0 Å². The Hall–Kier alpha value is -0.610. The van der Waals surface area contributed by atoms with E-state index in [1.165, 1.54) is 7.11 Å². The van der Waals surface area contributed by atoms with Gasteiger partial charge in [0.05, 0.1) is 12.5 Å². The summed E-state index contributed by atoms with van der Waals surface area (Å²) in [7, 11) is 3.62. The third-order valence-electron chi connectivity index (χ3n) is 3.79. The third-order valence-corrected chi connectivity index (χ3v) is 3.79. The van der Waals surface area contributed by atoms with Crippen molar-refractivity contribution in [2.45, 2.75) is 39.8 Å². The van der Waals surface area contributed by atoms with Gasteiger partial charge in [-0.2, -0.15) is 0 Å². The second-order valence-electron chi connectivity index (χ2n) is 5.93. The highest BCUT2D eigenvalue weighted by molar-refractivity contribution is 5.76. The first kappa shape index (κ1) is 14.5. The second kappa shape index (κ2) is 5.36. The zero-order valence-electron chi connectivity index (χ0n) is 12.0. The summed E-state index contributed by atoms with van der Waals surface area (Å²) in [5.74, 6) is -0.128. The number of hydrogen-bond donors (Lipinski definition) is 0. The monoisotopic (exact) mass is 242 g/mol. The molecule has 0 saturated carbocycles. The van der Waals surface area contributed by atoms with Crippen LogP contribution in [0.25, 0.3) is 0 Å². The Bertz CT molecular complexity index is 267. The average Bonchev–Trinajstić information content (AvgIpc) is 2.24. The van der Waals surface area contributed by atoms with Crippen LogP contribution in [0.5, 0.6) is 0 Å². The van der Waals surface area contributed by atoms with E-state index in [2.05, 4.69) is 30.7 Å². The van der Waals surface area contributed by atoms with Crippen molar-refractivity contribution >= 4 is 5.97 Å². The Morgan fingerprint density at radius 1 is 1.29 bits per heavy atom.